The van der Waals surface area contributed by atoms with E-state index in [1.54, 1.807) is 19.4 Å². The Morgan fingerprint density at radius 2 is 2.11 bits per heavy atom. The van der Waals surface area contributed by atoms with Crippen molar-refractivity contribution < 1.29 is 18.3 Å². The van der Waals surface area contributed by atoms with Gasteiger partial charge in [-0.25, -0.2) is 9.40 Å². The Labute approximate surface area is 169 Å². The molecule has 2 atom stereocenters. The summed E-state index contributed by atoms with van der Waals surface area (Å²) >= 11 is 3.54. The van der Waals surface area contributed by atoms with Crippen molar-refractivity contribution in [3.8, 4) is 11.5 Å². The first-order valence-corrected chi connectivity index (χ1v) is 9.62. The maximum Gasteiger partial charge on any atom is 0.214 e. The van der Waals surface area contributed by atoms with E-state index >= 15 is 0 Å². The van der Waals surface area contributed by atoms with Crippen LogP contribution in [0.2, 0.25) is 0 Å². The third kappa shape index (κ3) is 2.77. The van der Waals surface area contributed by atoms with Crippen LogP contribution in [0.25, 0.3) is 0 Å². The van der Waals surface area contributed by atoms with Crippen molar-refractivity contribution >= 4 is 21.6 Å². The lowest BCUT2D eigenvalue weighted by molar-refractivity contribution is -0.0211. The van der Waals surface area contributed by atoms with Crippen molar-refractivity contribution in [2.75, 3.05) is 7.11 Å². The number of ether oxygens (including phenoxy) is 2. The molecule has 5 rings (SSSR count). The molecule has 7 heteroatoms. The quantitative estimate of drug-likeness (QED) is 0.542. The number of hydrogen-bond acceptors (Lipinski definition) is 5. The molecule has 2 aromatic carbocycles. The van der Waals surface area contributed by atoms with Crippen LogP contribution in [0.1, 0.15) is 35.6 Å². The van der Waals surface area contributed by atoms with Gasteiger partial charge in [-0.2, -0.15) is 5.10 Å². The first-order chi connectivity index (χ1) is 13.6. The average molecular weight is 443 g/mol. The number of hydrogen-bond donors (Lipinski definition) is 0. The molecule has 0 saturated carbocycles. The minimum atomic E-state index is -0.573. The SMILES string of the molecule is COc1cc(Br)cc2c1O[C@@H](c1cccc(F)c1)N1N=C(c3ccco3)C[C@H]21. The van der Waals surface area contributed by atoms with E-state index in [0.29, 0.717) is 23.5 Å². The second-order valence-electron chi connectivity index (χ2n) is 6.68. The van der Waals surface area contributed by atoms with Crippen molar-refractivity contribution in [3.63, 3.8) is 0 Å². The molecule has 0 fully saturated rings. The predicted octanol–water partition coefficient (Wildman–Crippen LogP) is 5.43. The number of nitrogens with zero attached hydrogens (tertiary/aromatic N) is 2. The van der Waals surface area contributed by atoms with Gasteiger partial charge >= 0.3 is 0 Å². The lowest BCUT2D eigenvalue weighted by Crippen LogP contribution is -2.34. The van der Waals surface area contributed by atoms with Crippen LogP contribution in [0, 0.1) is 5.82 Å². The van der Waals surface area contributed by atoms with Crippen LogP contribution in [0.4, 0.5) is 4.39 Å². The molecule has 0 bridgehead atoms. The predicted molar refractivity (Wildman–Crippen MR) is 105 cm³/mol. The van der Waals surface area contributed by atoms with Crippen molar-refractivity contribution in [2.24, 2.45) is 5.10 Å². The highest BCUT2D eigenvalue weighted by molar-refractivity contribution is 9.10. The summed E-state index contributed by atoms with van der Waals surface area (Å²) in [4.78, 5) is 0. The number of hydrazone groups is 1. The van der Waals surface area contributed by atoms with Gasteiger partial charge in [0.15, 0.2) is 11.5 Å². The van der Waals surface area contributed by atoms with Crippen LogP contribution in [-0.2, 0) is 0 Å². The molecule has 142 valence electrons. The summed E-state index contributed by atoms with van der Waals surface area (Å²) in [6.45, 7) is 0. The zero-order valence-electron chi connectivity index (χ0n) is 14.9. The molecule has 5 nitrogen and oxygen atoms in total. The molecule has 2 aliphatic rings. The zero-order chi connectivity index (χ0) is 19.3. The highest BCUT2D eigenvalue weighted by atomic mass is 79.9. The first kappa shape index (κ1) is 17.3. The van der Waals surface area contributed by atoms with E-state index < -0.39 is 6.23 Å². The van der Waals surface area contributed by atoms with Gasteiger partial charge in [0, 0.05) is 22.0 Å². The largest absolute Gasteiger partial charge is 0.493 e. The maximum absolute atomic E-state index is 13.9. The Kier molecular flexibility index (Phi) is 4.12. The van der Waals surface area contributed by atoms with E-state index in [-0.39, 0.29) is 11.9 Å². The van der Waals surface area contributed by atoms with Gasteiger partial charge in [0.1, 0.15) is 17.3 Å². The molecule has 0 spiro atoms. The van der Waals surface area contributed by atoms with Gasteiger partial charge in [-0.05, 0) is 36.4 Å². The van der Waals surface area contributed by atoms with Crippen LogP contribution in [0.5, 0.6) is 11.5 Å². The lowest BCUT2D eigenvalue weighted by atomic mass is 9.97. The van der Waals surface area contributed by atoms with E-state index in [9.17, 15) is 4.39 Å². The van der Waals surface area contributed by atoms with Gasteiger partial charge in [-0.3, -0.25) is 0 Å². The van der Waals surface area contributed by atoms with Crippen LogP contribution in [0.3, 0.4) is 0 Å². The molecule has 28 heavy (non-hydrogen) atoms. The molecule has 3 aromatic rings. The third-order valence-electron chi connectivity index (χ3n) is 4.98. The number of halogens is 2. The van der Waals surface area contributed by atoms with Crippen molar-refractivity contribution in [1.29, 1.82) is 0 Å². The molecule has 0 saturated heterocycles. The van der Waals surface area contributed by atoms with Crippen molar-refractivity contribution in [1.82, 2.24) is 5.01 Å². The molecule has 0 unspecified atom stereocenters. The van der Waals surface area contributed by atoms with Crippen LogP contribution in [0.15, 0.2) is 68.8 Å². The summed E-state index contributed by atoms with van der Waals surface area (Å²) < 4.78 is 32.2. The van der Waals surface area contributed by atoms with Crippen molar-refractivity contribution in [2.45, 2.75) is 18.7 Å². The first-order valence-electron chi connectivity index (χ1n) is 8.83. The molecular weight excluding hydrogens is 427 g/mol. The lowest BCUT2D eigenvalue weighted by Gasteiger charge is -2.38. The minimum Gasteiger partial charge on any atom is -0.493 e. The number of fused-ring (bicyclic) bond motifs is 3. The molecule has 2 aliphatic heterocycles. The van der Waals surface area contributed by atoms with Crippen molar-refractivity contribution in [3.05, 3.63) is 82.0 Å². The maximum atomic E-state index is 13.9. The smallest absolute Gasteiger partial charge is 0.214 e. The summed E-state index contributed by atoms with van der Waals surface area (Å²) in [5, 5.41) is 6.65. The van der Waals surface area contributed by atoms with Gasteiger partial charge in [0.2, 0.25) is 6.23 Å². The van der Waals surface area contributed by atoms with E-state index in [2.05, 4.69) is 15.9 Å². The number of rotatable bonds is 3. The van der Waals surface area contributed by atoms with Gasteiger partial charge in [-0.1, -0.05) is 28.1 Å². The van der Waals surface area contributed by atoms with Gasteiger partial charge in [0.05, 0.1) is 19.4 Å². The van der Waals surface area contributed by atoms with Crippen LogP contribution >= 0.6 is 15.9 Å². The summed E-state index contributed by atoms with van der Waals surface area (Å²) in [6, 6.07) is 13.9. The Bertz CT molecular complexity index is 1070. The molecule has 0 aliphatic carbocycles. The standard InChI is InChI=1S/C21H16BrFN2O3/c1-26-19-10-13(22)9-15-17-11-16(18-6-3-7-27-18)24-25(17)21(28-20(15)19)12-4-2-5-14(23)8-12/h2-10,17,21H,11H2,1H3/t17-,21+/m1/s1. The fourth-order valence-corrected chi connectivity index (χ4v) is 4.20. The molecule has 1 aromatic heterocycles. The van der Waals surface area contributed by atoms with Crippen LogP contribution in [-0.4, -0.2) is 17.8 Å². The Hall–Kier alpha value is -2.80. The van der Waals surface area contributed by atoms with Crippen LogP contribution < -0.4 is 9.47 Å². The third-order valence-corrected chi connectivity index (χ3v) is 5.44. The number of furan rings is 1. The summed E-state index contributed by atoms with van der Waals surface area (Å²) in [5.74, 6) is 1.67. The second-order valence-corrected chi connectivity index (χ2v) is 7.59. The van der Waals surface area contributed by atoms with Gasteiger partial charge < -0.3 is 13.9 Å². The van der Waals surface area contributed by atoms with E-state index in [0.717, 1.165) is 21.5 Å². The summed E-state index contributed by atoms with van der Waals surface area (Å²) in [7, 11) is 1.61. The number of methoxy groups -OCH3 is 1. The van der Waals surface area contributed by atoms with E-state index in [1.165, 1.54) is 12.1 Å². The Morgan fingerprint density at radius 1 is 1.21 bits per heavy atom. The fraction of sp³-hybridized carbons (Fsp3) is 0.190. The normalized spacial score (nSPS) is 20.2. The minimum absolute atomic E-state index is 0.0801. The van der Waals surface area contributed by atoms with Gasteiger partial charge in [-0.15, -0.1) is 0 Å². The highest BCUT2D eigenvalue weighted by Crippen LogP contribution is 2.51. The van der Waals surface area contributed by atoms with Gasteiger partial charge in [0.25, 0.3) is 0 Å². The Balaban J connectivity index is 1.66. The molecule has 0 amide bonds. The highest BCUT2D eigenvalue weighted by Gasteiger charge is 2.43. The second kappa shape index (κ2) is 6.67. The molecule has 0 radical (unpaired) electrons. The topological polar surface area (TPSA) is 47.2 Å². The molecule has 3 heterocycles. The molecular formula is C21H16BrFN2O3. The molecule has 0 N–H and O–H groups in total. The monoisotopic (exact) mass is 442 g/mol. The summed E-state index contributed by atoms with van der Waals surface area (Å²) in [5.41, 5.74) is 2.47. The fourth-order valence-electron chi connectivity index (χ4n) is 3.75. The van der Waals surface area contributed by atoms with E-state index in [4.69, 9.17) is 19.0 Å². The average Bonchev–Trinajstić information content (AvgIpc) is 3.36. The Morgan fingerprint density at radius 3 is 2.86 bits per heavy atom. The zero-order valence-corrected chi connectivity index (χ0v) is 16.5. The van der Waals surface area contributed by atoms with E-state index in [1.807, 2.05) is 35.3 Å². The number of benzene rings is 2. The summed E-state index contributed by atoms with van der Waals surface area (Å²) in [6.07, 6.45) is 1.70.